The van der Waals surface area contributed by atoms with Crippen molar-refractivity contribution in [2.75, 3.05) is 13.1 Å². The van der Waals surface area contributed by atoms with Gasteiger partial charge in [0, 0.05) is 25.3 Å². The summed E-state index contributed by atoms with van der Waals surface area (Å²) in [5, 5.41) is 0. The van der Waals surface area contributed by atoms with Gasteiger partial charge in [0.2, 0.25) is 0 Å². The molecule has 0 amide bonds. The summed E-state index contributed by atoms with van der Waals surface area (Å²) < 4.78 is 0. The molecule has 0 aliphatic heterocycles. The Kier molecular flexibility index (Phi) is 6.04. The second-order valence-corrected chi connectivity index (χ2v) is 4.15. The van der Waals surface area contributed by atoms with E-state index in [0.717, 1.165) is 38.2 Å². The molecule has 0 aromatic carbocycles. The number of hydrogen-bond donors (Lipinski definition) is 1. The molecule has 1 aromatic rings. The molecule has 90 valence electrons. The predicted molar refractivity (Wildman–Crippen MR) is 68.1 cm³/mol. The molecule has 0 bridgehead atoms. The molecule has 16 heavy (non-hydrogen) atoms. The van der Waals surface area contributed by atoms with Crippen molar-refractivity contribution in [2.24, 2.45) is 5.73 Å². The van der Waals surface area contributed by atoms with Crippen LogP contribution in [0, 0.1) is 0 Å². The van der Waals surface area contributed by atoms with E-state index in [9.17, 15) is 0 Å². The summed E-state index contributed by atoms with van der Waals surface area (Å²) in [4.78, 5) is 6.73. The lowest BCUT2D eigenvalue weighted by molar-refractivity contribution is 0.264. The lowest BCUT2D eigenvalue weighted by Gasteiger charge is -2.21. The summed E-state index contributed by atoms with van der Waals surface area (Å²) in [5.41, 5.74) is 7.06. The lowest BCUT2D eigenvalue weighted by atomic mass is 10.1. The van der Waals surface area contributed by atoms with Crippen LogP contribution in [0.2, 0.25) is 0 Å². The van der Waals surface area contributed by atoms with E-state index in [1.54, 1.807) is 0 Å². The number of hydrogen-bond acceptors (Lipinski definition) is 3. The molecular formula is C13H23N3. The van der Waals surface area contributed by atoms with E-state index in [1.165, 1.54) is 0 Å². The van der Waals surface area contributed by atoms with Crippen LogP contribution in [0.15, 0.2) is 24.4 Å². The van der Waals surface area contributed by atoms with Crippen molar-refractivity contribution in [1.82, 2.24) is 9.88 Å². The fourth-order valence-electron chi connectivity index (χ4n) is 1.62. The molecule has 0 fully saturated rings. The van der Waals surface area contributed by atoms with Gasteiger partial charge in [0.1, 0.15) is 0 Å². The highest BCUT2D eigenvalue weighted by atomic mass is 15.1. The lowest BCUT2D eigenvalue weighted by Crippen LogP contribution is -2.30. The van der Waals surface area contributed by atoms with Gasteiger partial charge in [-0.05, 0) is 31.5 Å². The van der Waals surface area contributed by atoms with Crippen molar-refractivity contribution in [3.8, 4) is 0 Å². The summed E-state index contributed by atoms with van der Waals surface area (Å²) in [6, 6.07) is 6.39. The summed E-state index contributed by atoms with van der Waals surface area (Å²) in [6.45, 7) is 7.35. The molecule has 1 heterocycles. The minimum Gasteiger partial charge on any atom is -0.328 e. The predicted octanol–water partition coefficient (Wildman–Crippen LogP) is 2.03. The van der Waals surface area contributed by atoms with Gasteiger partial charge in [-0.1, -0.05) is 19.9 Å². The number of aromatic nitrogens is 1. The highest BCUT2D eigenvalue weighted by Crippen LogP contribution is 2.03. The third-order valence-corrected chi connectivity index (χ3v) is 2.90. The first-order valence-corrected chi connectivity index (χ1v) is 6.14. The molecule has 1 unspecified atom stereocenters. The fourth-order valence-corrected chi connectivity index (χ4v) is 1.62. The smallest absolute Gasteiger partial charge is 0.0543 e. The molecule has 0 aliphatic rings. The number of nitrogens with zero attached hydrogens (tertiary/aromatic N) is 2. The van der Waals surface area contributed by atoms with E-state index in [0.29, 0.717) is 6.04 Å². The van der Waals surface area contributed by atoms with Crippen molar-refractivity contribution in [3.05, 3.63) is 30.1 Å². The Balaban J connectivity index is 2.37. The van der Waals surface area contributed by atoms with Gasteiger partial charge in [0.05, 0.1) is 5.69 Å². The maximum absolute atomic E-state index is 5.93. The summed E-state index contributed by atoms with van der Waals surface area (Å²) in [5.74, 6) is 0. The third kappa shape index (κ3) is 4.73. The highest BCUT2D eigenvalue weighted by molar-refractivity contribution is 5.03. The van der Waals surface area contributed by atoms with Gasteiger partial charge < -0.3 is 5.73 Å². The second-order valence-electron chi connectivity index (χ2n) is 4.15. The molecule has 1 rings (SSSR count). The van der Waals surface area contributed by atoms with Crippen LogP contribution in [0.3, 0.4) is 0 Å². The standard InChI is InChI=1S/C13H23N3/c1-3-12(14)8-10-16(4-2)11-13-7-5-6-9-15-13/h5-7,9,12H,3-4,8,10-11,14H2,1-2H3. The average molecular weight is 221 g/mol. The van der Waals surface area contributed by atoms with Crippen LogP contribution in [-0.2, 0) is 6.54 Å². The van der Waals surface area contributed by atoms with E-state index in [4.69, 9.17) is 5.73 Å². The molecule has 0 radical (unpaired) electrons. The minimum absolute atomic E-state index is 0.331. The Hall–Kier alpha value is -0.930. The molecule has 0 spiro atoms. The molecule has 0 saturated carbocycles. The molecule has 1 atom stereocenters. The molecule has 0 aliphatic carbocycles. The van der Waals surface area contributed by atoms with Gasteiger partial charge in [0.15, 0.2) is 0 Å². The van der Waals surface area contributed by atoms with E-state index in [1.807, 2.05) is 18.3 Å². The Labute approximate surface area is 98.7 Å². The Bertz CT molecular complexity index is 274. The van der Waals surface area contributed by atoms with Crippen molar-refractivity contribution in [1.29, 1.82) is 0 Å². The topological polar surface area (TPSA) is 42.1 Å². The molecule has 3 heteroatoms. The van der Waals surface area contributed by atoms with Gasteiger partial charge in [-0.3, -0.25) is 9.88 Å². The SMILES string of the molecule is CCC(N)CCN(CC)Cc1ccccn1. The average Bonchev–Trinajstić information content (AvgIpc) is 2.35. The first-order chi connectivity index (χ1) is 7.76. The first-order valence-electron chi connectivity index (χ1n) is 6.14. The van der Waals surface area contributed by atoms with Crippen LogP contribution >= 0.6 is 0 Å². The van der Waals surface area contributed by atoms with Gasteiger partial charge in [0.25, 0.3) is 0 Å². The van der Waals surface area contributed by atoms with Crippen LogP contribution in [0.25, 0.3) is 0 Å². The van der Waals surface area contributed by atoms with Crippen LogP contribution in [0.5, 0.6) is 0 Å². The first kappa shape index (κ1) is 13.1. The highest BCUT2D eigenvalue weighted by Gasteiger charge is 2.06. The Morgan fingerprint density at radius 1 is 1.38 bits per heavy atom. The van der Waals surface area contributed by atoms with Crippen LogP contribution < -0.4 is 5.73 Å². The largest absolute Gasteiger partial charge is 0.328 e. The quantitative estimate of drug-likeness (QED) is 0.766. The van der Waals surface area contributed by atoms with E-state index >= 15 is 0 Å². The molecule has 3 nitrogen and oxygen atoms in total. The zero-order chi connectivity index (χ0) is 11.8. The van der Waals surface area contributed by atoms with Crippen LogP contribution in [0.1, 0.15) is 32.4 Å². The molecular weight excluding hydrogens is 198 g/mol. The van der Waals surface area contributed by atoms with E-state index in [2.05, 4.69) is 29.8 Å². The van der Waals surface area contributed by atoms with E-state index in [-0.39, 0.29) is 0 Å². The number of rotatable bonds is 7. The monoisotopic (exact) mass is 221 g/mol. The van der Waals surface area contributed by atoms with Gasteiger partial charge >= 0.3 is 0 Å². The molecule has 1 aromatic heterocycles. The van der Waals surface area contributed by atoms with Gasteiger partial charge in [-0.25, -0.2) is 0 Å². The Morgan fingerprint density at radius 3 is 2.75 bits per heavy atom. The zero-order valence-corrected chi connectivity index (χ0v) is 10.4. The normalized spacial score (nSPS) is 13.0. The van der Waals surface area contributed by atoms with Crippen molar-refractivity contribution in [3.63, 3.8) is 0 Å². The summed E-state index contributed by atoms with van der Waals surface area (Å²) >= 11 is 0. The molecule has 2 N–H and O–H groups in total. The summed E-state index contributed by atoms with van der Waals surface area (Å²) in [7, 11) is 0. The van der Waals surface area contributed by atoms with E-state index < -0.39 is 0 Å². The number of pyridine rings is 1. The van der Waals surface area contributed by atoms with Crippen molar-refractivity contribution >= 4 is 0 Å². The van der Waals surface area contributed by atoms with Crippen molar-refractivity contribution in [2.45, 2.75) is 39.3 Å². The van der Waals surface area contributed by atoms with Crippen LogP contribution in [0.4, 0.5) is 0 Å². The Morgan fingerprint density at radius 2 is 2.19 bits per heavy atom. The van der Waals surface area contributed by atoms with Gasteiger partial charge in [-0.15, -0.1) is 0 Å². The molecule has 0 saturated heterocycles. The summed E-state index contributed by atoms with van der Waals surface area (Å²) in [6.07, 6.45) is 3.97. The zero-order valence-electron chi connectivity index (χ0n) is 10.4. The maximum atomic E-state index is 5.93. The van der Waals surface area contributed by atoms with Crippen LogP contribution in [-0.4, -0.2) is 29.0 Å². The fraction of sp³-hybridized carbons (Fsp3) is 0.615. The third-order valence-electron chi connectivity index (χ3n) is 2.90. The number of nitrogens with two attached hydrogens (primary N) is 1. The minimum atomic E-state index is 0.331. The van der Waals surface area contributed by atoms with Crippen molar-refractivity contribution < 1.29 is 0 Å². The van der Waals surface area contributed by atoms with Gasteiger partial charge in [-0.2, -0.15) is 0 Å². The second kappa shape index (κ2) is 7.36. The maximum Gasteiger partial charge on any atom is 0.0543 e.